The van der Waals surface area contributed by atoms with E-state index in [1.807, 2.05) is 19.1 Å². The van der Waals surface area contributed by atoms with Crippen LogP contribution in [0, 0.1) is 6.92 Å². The highest BCUT2D eigenvalue weighted by atomic mass is 35.5. The summed E-state index contributed by atoms with van der Waals surface area (Å²) >= 11 is 6.55. The maximum absolute atomic E-state index is 11.4. The average molecular weight is 424 g/mol. The van der Waals surface area contributed by atoms with Gasteiger partial charge >= 0.3 is 0 Å². The number of halogens is 1. The molecule has 0 saturated carbocycles. The van der Waals surface area contributed by atoms with E-state index in [-0.39, 0.29) is 0 Å². The first-order valence-electron chi connectivity index (χ1n) is 9.53. The minimum Gasteiger partial charge on any atom is -0.385 e. The molecule has 29 heavy (non-hydrogen) atoms. The molecule has 2 unspecified atom stereocenters. The van der Waals surface area contributed by atoms with Gasteiger partial charge in [0.1, 0.15) is 11.7 Å². The van der Waals surface area contributed by atoms with E-state index >= 15 is 0 Å². The number of nitrogens with zero attached hydrogens (tertiary/aromatic N) is 3. The van der Waals surface area contributed by atoms with E-state index in [1.54, 1.807) is 25.0 Å². The van der Waals surface area contributed by atoms with Crippen LogP contribution >= 0.6 is 11.6 Å². The number of methoxy groups -OCH3 is 1. The Balaban J connectivity index is 2.04. The van der Waals surface area contributed by atoms with Crippen molar-refractivity contribution in [2.75, 3.05) is 40.0 Å². The van der Waals surface area contributed by atoms with Crippen molar-refractivity contribution < 1.29 is 23.5 Å². The summed E-state index contributed by atoms with van der Waals surface area (Å²) in [5, 5.41) is 4.37. The van der Waals surface area contributed by atoms with Crippen molar-refractivity contribution in [1.29, 1.82) is 0 Å². The van der Waals surface area contributed by atoms with Gasteiger partial charge in [0.15, 0.2) is 5.82 Å². The number of rotatable bonds is 9. The smallest absolute Gasteiger partial charge is 0.259 e. The van der Waals surface area contributed by atoms with Gasteiger partial charge in [0.2, 0.25) is 6.41 Å². The molecule has 0 spiro atoms. The van der Waals surface area contributed by atoms with Crippen molar-refractivity contribution in [3.63, 3.8) is 0 Å². The molecule has 0 radical (unpaired) electrons. The highest BCUT2D eigenvalue weighted by molar-refractivity contribution is 6.33. The molecule has 2 aromatic rings. The maximum Gasteiger partial charge on any atom is 0.259 e. The Bertz CT molecular complexity index is 830. The van der Waals surface area contributed by atoms with Crippen molar-refractivity contribution in [2.45, 2.75) is 32.0 Å². The number of ether oxygens (including phenoxy) is 3. The number of morpholine rings is 1. The second kappa shape index (κ2) is 9.67. The molecule has 1 aliphatic heterocycles. The number of hydrogen-bond acceptors (Lipinski definition) is 7. The van der Waals surface area contributed by atoms with Gasteiger partial charge < -0.3 is 23.6 Å². The predicted molar refractivity (Wildman–Crippen MR) is 107 cm³/mol. The molecule has 2 atom stereocenters. The third-order valence-electron chi connectivity index (χ3n) is 5.05. The van der Waals surface area contributed by atoms with Gasteiger partial charge in [-0.3, -0.25) is 4.79 Å². The highest BCUT2D eigenvalue weighted by Crippen LogP contribution is 2.41. The van der Waals surface area contributed by atoms with Crippen LogP contribution in [0.2, 0.25) is 5.02 Å². The van der Waals surface area contributed by atoms with Gasteiger partial charge in [-0.2, -0.15) is 4.98 Å². The third kappa shape index (κ3) is 4.78. The van der Waals surface area contributed by atoms with E-state index in [9.17, 15) is 4.79 Å². The lowest BCUT2D eigenvalue weighted by molar-refractivity contribution is -0.171. The average Bonchev–Trinajstić information content (AvgIpc) is 3.16. The van der Waals surface area contributed by atoms with E-state index in [2.05, 4.69) is 10.1 Å². The lowest BCUT2D eigenvalue weighted by Gasteiger charge is -2.43. The van der Waals surface area contributed by atoms with Crippen LogP contribution in [0.3, 0.4) is 0 Å². The molecular formula is C20H26ClN3O5. The highest BCUT2D eigenvalue weighted by Gasteiger charge is 2.43. The van der Waals surface area contributed by atoms with Crippen LogP contribution in [-0.4, -0.2) is 67.6 Å². The summed E-state index contributed by atoms with van der Waals surface area (Å²) in [6, 6.07) is 5.53. The molecule has 0 aliphatic carbocycles. The molecule has 1 fully saturated rings. The number of carbonyl (C=O) groups is 1. The standard InChI is InChI=1S/C20H26ClN3O5/c1-14-22-19(29-23-14)18-15(6-4-7-16(18)21)20(2,28-10-5-9-26-3)17-12-24(13-25)8-11-27-17/h4,6-7,13,17H,5,8-12H2,1-3H3. The monoisotopic (exact) mass is 423 g/mol. The first kappa shape index (κ1) is 21.7. The van der Waals surface area contributed by atoms with Gasteiger partial charge in [0.25, 0.3) is 5.89 Å². The van der Waals surface area contributed by atoms with Gasteiger partial charge in [-0.15, -0.1) is 0 Å². The molecule has 8 nitrogen and oxygen atoms in total. The molecule has 1 saturated heterocycles. The van der Waals surface area contributed by atoms with E-state index in [0.717, 1.165) is 12.0 Å². The first-order chi connectivity index (χ1) is 14.0. The van der Waals surface area contributed by atoms with Crippen molar-refractivity contribution in [1.82, 2.24) is 15.0 Å². The second-order valence-corrected chi connectivity index (χ2v) is 7.48. The van der Waals surface area contributed by atoms with E-state index < -0.39 is 11.7 Å². The summed E-state index contributed by atoms with van der Waals surface area (Å²) in [5.74, 6) is 0.826. The van der Waals surface area contributed by atoms with Gasteiger partial charge in [0.05, 0.1) is 23.8 Å². The summed E-state index contributed by atoms with van der Waals surface area (Å²) in [5.41, 5.74) is 0.470. The molecule has 1 aliphatic rings. The Morgan fingerprint density at radius 3 is 2.93 bits per heavy atom. The molecule has 0 bridgehead atoms. The molecule has 1 amide bonds. The summed E-state index contributed by atoms with van der Waals surface area (Å²) in [7, 11) is 1.65. The van der Waals surface area contributed by atoms with E-state index in [1.165, 1.54) is 0 Å². The Morgan fingerprint density at radius 1 is 1.41 bits per heavy atom. The first-order valence-corrected chi connectivity index (χ1v) is 9.91. The fourth-order valence-corrected chi connectivity index (χ4v) is 3.74. The van der Waals surface area contributed by atoms with Crippen LogP contribution in [0.1, 0.15) is 24.7 Å². The van der Waals surface area contributed by atoms with Gasteiger partial charge in [0, 0.05) is 32.4 Å². The van der Waals surface area contributed by atoms with Gasteiger partial charge in [-0.25, -0.2) is 0 Å². The zero-order chi connectivity index (χ0) is 20.9. The van der Waals surface area contributed by atoms with Crippen molar-refractivity contribution >= 4 is 18.0 Å². The van der Waals surface area contributed by atoms with Crippen LogP contribution in [0.4, 0.5) is 0 Å². The molecule has 2 heterocycles. The van der Waals surface area contributed by atoms with Crippen molar-refractivity contribution in [3.8, 4) is 11.5 Å². The summed E-state index contributed by atoms with van der Waals surface area (Å²) in [6.45, 7) is 6.08. The second-order valence-electron chi connectivity index (χ2n) is 7.07. The predicted octanol–water partition coefficient (Wildman–Crippen LogP) is 2.82. The molecule has 3 rings (SSSR count). The number of aryl methyl sites for hydroxylation is 1. The zero-order valence-electron chi connectivity index (χ0n) is 16.9. The van der Waals surface area contributed by atoms with Crippen molar-refractivity contribution in [2.24, 2.45) is 0 Å². The number of hydrogen-bond donors (Lipinski definition) is 0. The van der Waals surface area contributed by atoms with Crippen LogP contribution in [0.15, 0.2) is 22.7 Å². The summed E-state index contributed by atoms with van der Waals surface area (Å²) < 4.78 is 23.0. The fourth-order valence-electron chi connectivity index (χ4n) is 3.48. The Hall–Kier alpha value is -2.00. The topological polar surface area (TPSA) is 86.9 Å². The van der Waals surface area contributed by atoms with Gasteiger partial charge in [-0.05, 0) is 26.3 Å². The van der Waals surface area contributed by atoms with Crippen LogP contribution in [0.25, 0.3) is 11.5 Å². The van der Waals surface area contributed by atoms with E-state index in [0.29, 0.717) is 61.6 Å². The van der Waals surface area contributed by atoms with Gasteiger partial charge in [-0.1, -0.05) is 28.9 Å². The third-order valence-corrected chi connectivity index (χ3v) is 5.36. The normalized spacial score (nSPS) is 19.2. The Labute approximate surface area is 175 Å². The van der Waals surface area contributed by atoms with Crippen molar-refractivity contribution in [3.05, 3.63) is 34.6 Å². The molecule has 0 N–H and O–H groups in total. The Kier molecular flexibility index (Phi) is 7.23. The molecule has 158 valence electrons. The van der Waals surface area contributed by atoms with Crippen LogP contribution in [0.5, 0.6) is 0 Å². The van der Waals surface area contributed by atoms with E-state index in [4.69, 9.17) is 30.3 Å². The molecule has 9 heteroatoms. The number of carbonyl (C=O) groups excluding carboxylic acids is 1. The molecular weight excluding hydrogens is 398 g/mol. The molecule has 1 aromatic carbocycles. The summed E-state index contributed by atoms with van der Waals surface area (Å²) in [6.07, 6.45) is 1.15. The van der Waals surface area contributed by atoms with Crippen LogP contribution < -0.4 is 0 Å². The maximum atomic E-state index is 11.4. The minimum absolute atomic E-state index is 0.317. The minimum atomic E-state index is -0.905. The summed E-state index contributed by atoms with van der Waals surface area (Å²) in [4.78, 5) is 17.4. The number of amides is 1. The van der Waals surface area contributed by atoms with Crippen LogP contribution in [-0.2, 0) is 24.6 Å². The lowest BCUT2D eigenvalue weighted by Crippen LogP contribution is -2.52. The largest absolute Gasteiger partial charge is 0.385 e. The number of benzene rings is 1. The molecule has 1 aromatic heterocycles. The Morgan fingerprint density at radius 2 is 2.24 bits per heavy atom. The lowest BCUT2D eigenvalue weighted by atomic mass is 9.85. The fraction of sp³-hybridized carbons (Fsp3) is 0.550. The quantitative estimate of drug-likeness (QED) is 0.452. The SMILES string of the molecule is COCCCOC(C)(c1cccc(Cl)c1-c1nc(C)no1)C1CN(C=O)CCO1. The zero-order valence-corrected chi connectivity index (χ0v) is 17.6. The number of aromatic nitrogens is 2.